The first-order valence-corrected chi connectivity index (χ1v) is 5.80. The van der Waals surface area contributed by atoms with E-state index in [4.69, 9.17) is 9.47 Å². The molecule has 0 aliphatic carbocycles. The molecule has 5 nitrogen and oxygen atoms in total. The second-order valence-corrected chi connectivity index (χ2v) is 4.21. The van der Waals surface area contributed by atoms with E-state index in [1.807, 2.05) is 30.3 Å². The van der Waals surface area contributed by atoms with E-state index in [-0.39, 0.29) is 31.8 Å². The Labute approximate surface area is 105 Å². The summed E-state index contributed by atoms with van der Waals surface area (Å²) in [7, 11) is 0. The van der Waals surface area contributed by atoms with Gasteiger partial charge < -0.3 is 9.47 Å². The van der Waals surface area contributed by atoms with Crippen LogP contribution in [-0.2, 0) is 20.9 Å². The van der Waals surface area contributed by atoms with E-state index >= 15 is 0 Å². The van der Waals surface area contributed by atoms with Gasteiger partial charge in [0.25, 0.3) is 0 Å². The predicted molar refractivity (Wildman–Crippen MR) is 63.5 cm³/mol. The Kier molecular flexibility index (Phi) is 3.82. The van der Waals surface area contributed by atoms with Crippen molar-refractivity contribution in [2.75, 3.05) is 6.73 Å². The average Bonchev–Trinajstić information content (AvgIpc) is 2.37. The SMILES string of the molecule is C[C@@H]1CC(=O)OCN1C(=O)OCc1ccccc1. The fourth-order valence-corrected chi connectivity index (χ4v) is 1.71. The molecule has 18 heavy (non-hydrogen) atoms. The molecule has 0 unspecified atom stereocenters. The first-order chi connectivity index (χ1) is 8.66. The first kappa shape index (κ1) is 12.4. The molecule has 1 saturated heterocycles. The van der Waals surface area contributed by atoms with Crippen LogP contribution in [0.25, 0.3) is 0 Å². The number of benzene rings is 1. The highest BCUT2D eigenvalue weighted by molar-refractivity contribution is 5.74. The van der Waals surface area contributed by atoms with Gasteiger partial charge in [-0.1, -0.05) is 30.3 Å². The van der Waals surface area contributed by atoms with E-state index in [1.165, 1.54) is 4.90 Å². The van der Waals surface area contributed by atoms with Crippen LogP contribution in [0.15, 0.2) is 30.3 Å². The molecule has 0 N–H and O–H groups in total. The Morgan fingerprint density at radius 2 is 2.17 bits per heavy atom. The molecule has 2 rings (SSSR count). The van der Waals surface area contributed by atoms with Crippen LogP contribution in [0.4, 0.5) is 4.79 Å². The van der Waals surface area contributed by atoms with Crippen LogP contribution in [0.3, 0.4) is 0 Å². The van der Waals surface area contributed by atoms with E-state index < -0.39 is 6.09 Å². The van der Waals surface area contributed by atoms with Crippen molar-refractivity contribution >= 4 is 12.1 Å². The van der Waals surface area contributed by atoms with E-state index in [0.717, 1.165) is 5.56 Å². The molecule has 5 heteroatoms. The third-order valence-electron chi connectivity index (χ3n) is 2.80. The Morgan fingerprint density at radius 3 is 2.83 bits per heavy atom. The highest BCUT2D eigenvalue weighted by Crippen LogP contribution is 2.14. The molecule has 0 spiro atoms. The van der Waals surface area contributed by atoms with Crippen LogP contribution in [-0.4, -0.2) is 29.7 Å². The van der Waals surface area contributed by atoms with Gasteiger partial charge in [-0.2, -0.15) is 0 Å². The lowest BCUT2D eigenvalue weighted by atomic mass is 10.2. The zero-order valence-electron chi connectivity index (χ0n) is 10.2. The number of esters is 1. The number of hydrogen-bond donors (Lipinski definition) is 0. The molecule has 1 atom stereocenters. The number of cyclic esters (lactones) is 1. The molecule has 0 bridgehead atoms. The summed E-state index contributed by atoms with van der Waals surface area (Å²) in [4.78, 5) is 24.2. The van der Waals surface area contributed by atoms with Gasteiger partial charge in [-0.25, -0.2) is 4.79 Å². The standard InChI is InChI=1S/C13H15NO4/c1-10-7-12(15)18-9-14(10)13(16)17-8-11-5-3-2-4-6-11/h2-6,10H,7-9H2,1H3/t10-/m1/s1. The minimum atomic E-state index is -0.459. The zero-order chi connectivity index (χ0) is 13.0. The fraction of sp³-hybridized carbons (Fsp3) is 0.385. The number of nitrogens with zero attached hydrogens (tertiary/aromatic N) is 1. The Bertz CT molecular complexity index is 432. The van der Waals surface area contributed by atoms with Gasteiger partial charge >= 0.3 is 12.1 Å². The average molecular weight is 249 g/mol. The van der Waals surface area contributed by atoms with Crippen LogP contribution < -0.4 is 0 Å². The maximum atomic E-state index is 11.8. The molecule has 96 valence electrons. The van der Waals surface area contributed by atoms with Gasteiger partial charge in [-0.05, 0) is 12.5 Å². The summed E-state index contributed by atoms with van der Waals surface area (Å²) >= 11 is 0. The summed E-state index contributed by atoms with van der Waals surface area (Å²) < 4.78 is 9.99. The van der Waals surface area contributed by atoms with Crippen LogP contribution in [0.5, 0.6) is 0 Å². The van der Waals surface area contributed by atoms with E-state index in [0.29, 0.717) is 0 Å². The number of carbonyl (C=O) groups is 2. The van der Waals surface area contributed by atoms with E-state index in [1.54, 1.807) is 6.92 Å². The molecular weight excluding hydrogens is 234 g/mol. The minimum absolute atomic E-state index is 0.0341. The normalized spacial score (nSPS) is 19.3. The Hall–Kier alpha value is -2.04. The van der Waals surface area contributed by atoms with Crippen molar-refractivity contribution in [1.82, 2.24) is 4.90 Å². The summed E-state index contributed by atoms with van der Waals surface area (Å²) in [5.41, 5.74) is 0.924. The van der Waals surface area contributed by atoms with Crippen LogP contribution >= 0.6 is 0 Å². The summed E-state index contributed by atoms with van der Waals surface area (Å²) in [5.74, 6) is -0.283. The smallest absolute Gasteiger partial charge is 0.413 e. The Balaban J connectivity index is 1.86. The van der Waals surface area contributed by atoms with Gasteiger partial charge in [0, 0.05) is 6.04 Å². The van der Waals surface area contributed by atoms with Crippen LogP contribution in [0.2, 0.25) is 0 Å². The highest BCUT2D eigenvalue weighted by atomic mass is 16.6. The van der Waals surface area contributed by atoms with Gasteiger partial charge in [0.2, 0.25) is 0 Å². The van der Waals surface area contributed by atoms with Crippen molar-refractivity contribution < 1.29 is 19.1 Å². The predicted octanol–water partition coefficient (Wildman–Crippen LogP) is 1.92. The number of ether oxygens (including phenoxy) is 2. The van der Waals surface area contributed by atoms with Crippen molar-refractivity contribution in [2.45, 2.75) is 26.0 Å². The third-order valence-corrected chi connectivity index (χ3v) is 2.80. The quantitative estimate of drug-likeness (QED) is 0.751. The monoisotopic (exact) mass is 249 g/mol. The van der Waals surface area contributed by atoms with E-state index in [2.05, 4.69) is 0 Å². The topological polar surface area (TPSA) is 55.8 Å². The van der Waals surface area contributed by atoms with Crippen molar-refractivity contribution in [2.24, 2.45) is 0 Å². The second-order valence-electron chi connectivity index (χ2n) is 4.21. The third kappa shape index (κ3) is 3.00. The van der Waals surface area contributed by atoms with Crippen molar-refractivity contribution in [3.8, 4) is 0 Å². The number of hydrogen-bond acceptors (Lipinski definition) is 4. The van der Waals surface area contributed by atoms with Gasteiger partial charge in [0.05, 0.1) is 6.42 Å². The molecule has 1 aliphatic heterocycles. The van der Waals surface area contributed by atoms with Gasteiger partial charge in [0.1, 0.15) is 6.61 Å². The lowest BCUT2D eigenvalue weighted by molar-refractivity contribution is -0.156. The van der Waals surface area contributed by atoms with E-state index in [9.17, 15) is 9.59 Å². The molecule has 1 amide bonds. The minimum Gasteiger partial charge on any atom is -0.444 e. The Morgan fingerprint density at radius 1 is 1.44 bits per heavy atom. The summed E-state index contributed by atoms with van der Waals surface area (Å²) in [6.45, 7) is 1.98. The highest BCUT2D eigenvalue weighted by Gasteiger charge is 2.29. The molecule has 0 saturated carbocycles. The summed E-state index contributed by atoms with van der Waals surface area (Å²) in [6.07, 6.45) is -0.251. The molecule has 1 aromatic carbocycles. The van der Waals surface area contributed by atoms with Crippen molar-refractivity contribution in [3.05, 3.63) is 35.9 Å². The maximum Gasteiger partial charge on any atom is 0.413 e. The largest absolute Gasteiger partial charge is 0.444 e. The van der Waals surface area contributed by atoms with Gasteiger partial charge in [-0.15, -0.1) is 0 Å². The molecule has 1 heterocycles. The maximum absolute atomic E-state index is 11.8. The molecule has 1 fully saturated rings. The molecule has 1 aromatic rings. The summed E-state index contributed by atoms with van der Waals surface area (Å²) in [5, 5.41) is 0. The first-order valence-electron chi connectivity index (χ1n) is 5.80. The number of rotatable bonds is 2. The summed E-state index contributed by atoms with van der Waals surface area (Å²) in [6, 6.07) is 9.25. The molecule has 0 radical (unpaired) electrons. The molecule has 0 aromatic heterocycles. The lowest BCUT2D eigenvalue weighted by Gasteiger charge is -2.31. The lowest BCUT2D eigenvalue weighted by Crippen LogP contribution is -2.46. The van der Waals surface area contributed by atoms with Crippen LogP contribution in [0, 0.1) is 0 Å². The van der Waals surface area contributed by atoms with Gasteiger partial charge in [-0.3, -0.25) is 9.69 Å². The fourth-order valence-electron chi connectivity index (χ4n) is 1.71. The molecular formula is C13H15NO4. The number of amides is 1. The van der Waals surface area contributed by atoms with Crippen molar-refractivity contribution in [3.63, 3.8) is 0 Å². The number of carbonyl (C=O) groups excluding carboxylic acids is 2. The second kappa shape index (κ2) is 5.53. The van der Waals surface area contributed by atoms with Crippen molar-refractivity contribution in [1.29, 1.82) is 0 Å². The van der Waals surface area contributed by atoms with Gasteiger partial charge in [0.15, 0.2) is 6.73 Å². The van der Waals surface area contributed by atoms with Crippen LogP contribution in [0.1, 0.15) is 18.9 Å². The molecule has 1 aliphatic rings. The zero-order valence-corrected chi connectivity index (χ0v) is 10.2.